The summed E-state index contributed by atoms with van der Waals surface area (Å²) < 4.78 is 15.3. The second-order valence-electron chi connectivity index (χ2n) is 6.39. The first kappa shape index (κ1) is 20.8. The van der Waals surface area contributed by atoms with E-state index in [1.165, 1.54) is 18.2 Å². The lowest BCUT2D eigenvalue weighted by Crippen LogP contribution is -2.60. The SMILES string of the molecule is O=c1oc(C=Cc2ccc(O)cc2)cc(O)c1OC1OC(CO)C(O)C(O)C1O. The third-order valence-electron chi connectivity index (χ3n) is 4.32. The topological polar surface area (TPSA) is 170 Å². The van der Waals surface area contributed by atoms with E-state index in [1.807, 2.05) is 0 Å². The Morgan fingerprint density at radius 2 is 1.69 bits per heavy atom. The molecule has 6 N–H and O–H groups in total. The highest BCUT2D eigenvalue weighted by Crippen LogP contribution is 2.28. The van der Waals surface area contributed by atoms with Crippen molar-refractivity contribution in [2.75, 3.05) is 6.61 Å². The van der Waals surface area contributed by atoms with Gasteiger partial charge in [0.2, 0.25) is 12.0 Å². The van der Waals surface area contributed by atoms with Crippen LogP contribution in [0.1, 0.15) is 11.3 Å². The van der Waals surface area contributed by atoms with Crippen LogP contribution in [0.5, 0.6) is 17.2 Å². The molecule has 0 bridgehead atoms. The molecule has 1 aliphatic heterocycles. The van der Waals surface area contributed by atoms with Gasteiger partial charge >= 0.3 is 5.63 Å². The van der Waals surface area contributed by atoms with Crippen molar-refractivity contribution in [3.63, 3.8) is 0 Å². The maximum Gasteiger partial charge on any atom is 0.383 e. The van der Waals surface area contributed by atoms with Crippen molar-refractivity contribution in [2.24, 2.45) is 0 Å². The molecule has 5 unspecified atom stereocenters. The molecule has 1 aliphatic rings. The smallest absolute Gasteiger partial charge is 0.383 e. The maximum atomic E-state index is 12.2. The average molecular weight is 408 g/mol. The predicted molar refractivity (Wildman–Crippen MR) is 98.1 cm³/mol. The van der Waals surface area contributed by atoms with Crippen molar-refractivity contribution < 1.29 is 44.5 Å². The molecule has 3 rings (SSSR count). The van der Waals surface area contributed by atoms with Gasteiger partial charge in [-0.3, -0.25) is 0 Å². The number of aliphatic hydroxyl groups is 4. The Morgan fingerprint density at radius 1 is 1.00 bits per heavy atom. The van der Waals surface area contributed by atoms with E-state index in [4.69, 9.17) is 13.9 Å². The van der Waals surface area contributed by atoms with E-state index >= 15 is 0 Å². The largest absolute Gasteiger partial charge is 0.508 e. The fourth-order valence-electron chi connectivity index (χ4n) is 2.72. The average Bonchev–Trinajstić information content (AvgIpc) is 2.70. The van der Waals surface area contributed by atoms with E-state index in [2.05, 4.69) is 0 Å². The summed E-state index contributed by atoms with van der Waals surface area (Å²) in [5, 5.41) is 58.0. The van der Waals surface area contributed by atoms with Crippen molar-refractivity contribution in [3.8, 4) is 17.2 Å². The number of rotatable bonds is 5. The van der Waals surface area contributed by atoms with E-state index in [1.54, 1.807) is 18.2 Å². The van der Waals surface area contributed by atoms with Crippen LogP contribution in [0.3, 0.4) is 0 Å². The second kappa shape index (κ2) is 8.64. The van der Waals surface area contributed by atoms with Crippen LogP contribution in [0.25, 0.3) is 12.2 Å². The van der Waals surface area contributed by atoms with Crippen LogP contribution in [0, 0.1) is 0 Å². The van der Waals surface area contributed by atoms with Crippen molar-refractivity contribution in [2.45, 2.75) is 30.7 Å². The van der Waals surface area contributed by atoms with Crippen LogP contribution in [0.15, 0.2) is 39.5 Å². The van der Waals surface area contributed by atoms with Crippen LogP contribution in [-0.4, -0.2) is 68.0 Å². The molecule has 2 heterocycles. The summed E-state index contributed by atoms with van der Waals surface area (Å²) in [6, 6.07) is 7.30. The summed E-state index contributed by atoms with van der Waals surface area (Å²) in [6.45, 7) is -0.674. The molecule has 29 heavy (non-hydrogen) atoms. The standard InChI is InChI=1S/C19H20O10/c20-8-13-14(23)15(24)16(25)19(28-13)29-17-12(22)7-11(27-18(17)26)6-3-9-1-4-10(21)5-2-9/h1-7,13-16,19-25H,8H2. The van der Waals surface area contributed by atoms with E-state index in [-0.39, 0.29) is 11.5 Å². The van der Waals surface area contributed by atoms with Gasteiger partial charge in [0.1, 0.15) is 35.9 Å². The minimum absolute atomic E-state index is 0.00160. The first-order chi connectivity index (χ1) is 13.8. The molecule has 10 nitrogen and oxygen atoms in total. The number of benzene rings is 1. The molecule has 0 aliphatic carbocycles. The van der Waals surface area contributed by atoms with Crippen molar-refractivity contribution in [3.05, 3.63) is 52.1 Å². The van der Waals surface area contributed by atoms with Crippen molar-refractivity contribution in [1.29, 1.82) is 0 Å². The Hall–Kier alpha value is -2.89. The molecule has 0 radical (unpaired) electrons. The number of hydrogen-bond acceptors (Lipinski definition) is 10. The summed E-state index contributed by atoms with van der Waals surface area (Å²) in [5.74, 6) is -1.18. The van der Waals surface area contributed by atoms with Crippen LogP contribution < -0.4 is 10.4 Å². The van der Waals surface area contributed by atoms with Crippen LogP contribution >= 0.6 is 0 Å². The fourth-order valence-corrected chi connectivity index (χ4v) is 2.72. The Morgan fingerprint density at radius 3 is 2.31 bits per heavy atom. The van der Waals surface area contributed by atoms with Gasteiger partial charge in [0.05, 0.1) is 6.61 Å². The summed E-state index contributed by atoms with van der Waals surface area (Å²) >= 11 is 0. The molecular formula is C19H20O10. The Balaban J connectivity index is 1.79. The van der Waals surface area contributed by atoms with Crippen LogP contribution in [0.2, 0.25) is 0 Å². The Labute approximate surface area is 164 Å². The van der Waals surface area contributed by atoms with Gasteiger partial charge in [-0.25, -0.2) is 4.79 Å². The summed E-state index contributed by atoms with van der Waals surface area (Å²) in [5.41, 5.74) is -0.376. The molecule has 0 spiro atoms. The maximum absolute atomic E-state index is 12.2. The van der Waals surface area contributed by atoms with Gasteiger partial charge in [-0.15, -0.1) is 0 Å². The molecule has 1 aromatic heterocycles. The number of hydrogen-bond donors (Lipinski definition) is 6. The number of aliphatic hydroxyl groups excluding tert-OH is 4. The lowest BCUT2D eigenvalue weighted by Gasteiger charge is -2.39. The molecule has 2 aromatic rings. The highest BCUT2D eigenvalue weighted by atomic mass is 16.7. The van der Waals surface area contributed by atoms with Gasteiger partial charge in [-0.05, 0) is 23.8 Å². The van der Waals surface area contributed by atoms with E-state index in [0.717, 1.165) is 6.07 Å². The lowest BCUT2D eigenvalue weighted by atomic mass is 9.99. The Kier molecular flexibility index (Phi) is 6.20. The van der Waals surface area contributed by atoms with Gasteiger partial charge in [0.25, 0.3) is 0 Å². The molecule has 0 saturated carbocycles. The predicted octanol–water partition coefficient (Wildman–Crippen LogP) is -0.600. The molecule has 1 saturated heterocycles. The van der Waals surface area contributed by atoms with Gasteiger partial charge < -0.3 is 44.5 Å². The van der Waals surface area contributed by atoms with Gasteiger partial charge in [0.15, 0.2) is 5.75 Å². The van der Waals surface area contributed by atoms with E-state index < -0.39 is 54.4 Å². The quantitative estimate of drug-likeness (QED) is 0.375. The van der Waals surface area contributed by atoms with Crippen molar-refractivity contribution >= 4 is 12.2 Å². The van der Waals surface area contributed by atoms with Gasteiger partial charge in [-0.2, -0.15) is 0 Å². The van der Waals surface area contributed by atoms with Gasteiger partial charge in [-0.1, -0.05) is 18.2 Å². The van der Waals surface area contributed by atoms with Gasteiger partial charge in [0, 0.05) is 6.07 Å². The Bertz CT molecular complexity index is 918. The zero-order chi connectivity index (χ0) is 21.1. The number of phenols is 1. The lowest BCUT2D eigenvalue weighted by molar-refractivity contribution is -0.278. The normalized spacial score (nSPS) is 27.2. The summed E-state index contributed by atoms with van der Waals surface area (Å²) in [7, 11) is 0. The van der Waals surface area contributed by atoms with E-state index in [0.29, 0.717) is 5.56 Å². The molecular weight excluding hydrogens is 388 g/mol. The number of aromatic hydroxyl groups is 2. The highest BCUT2D eigenvalue weighted by molar-refractivity contribution is 5.68. The molecule has 1 aromatic carbocycles. The molecule has 10 heteroatoms. The minimum Gasteiger partial charge on any atom is -0.508 e. The number of phenolic OH excluding ortho intramolecular Hbond substituents is 1. The third-order valence-corrected chi connectivity index (χ3v) is 4.32. The molecule has 5 atom stereocenters. The fraction of sp³-hybridized carbons (Fsp3) is 0.316. The molecule has 1 fully saturated rings. The van der Waals surface area contributed by atoms with Crippen LogP contribution in [-0.2, 0) is 4.74 Å². The third kappa shape index (κ3) is 4.58. The van der Waals surface area contributed by atoms with Crippen LogP contribution in [0.4, 0.5) is 0 Å². The molecule has 156 valence electrons. The van der Waals surface area contributed by atoms with E-state index in [9.17, 15) is 35.4 Å². The second-order valence-corrected chi connectivity index (χ2v) is 6.39. The minimum atomic E-state index is -1.75. The zero-order valence-corrected chi connectivity index (χ0v) is 15.0. The molecule has 0 amide bonds. The number of ether oxygens (including phenoxy) is 2. The zero-order valence-electron chi connectivity index (χ0n) is 15.0. The summed E-state index contributed by atoms with van der Waals surface area (Å²) in [6.07, 6.45) is -4.93. The first-order valence-electron chi connectivity index (χ1n) is 8.61. The highest BCUT2D eigenvalue weighted by Gasteiger charge is 2.45. The summed E-state index contributed by atoms with van der Waals surface area (Å²) in [4.78, 5) is 12.2. The monoisotopic (exact) mass is 408 g/mol. The van der Waals surface area contributed by atoms with Crippen molar-refractivity contribution in [1.82, 2.24) is 0 Å². The first-order valence-corrected chi connectivity index (χ1v) is 8.61.